The van der Waals surface area contributed by atoms with Gasteiger partial charge < -0.3 is 4.90 Å². The highest BCUT2D eigenvalue weighted by molar-refractivity contribution is 5.97. The number of aryl methyl sites for hydroxylation is 2. The van der Waals surface area contributed by atoms with Crippen LogP contribution >= 0.6 is 0 Å². The Kier molecular flexibility index (Phi) is 2.88. The number of likely N-dealkylation sites (tertiary alicyclic amines) is 1. The lowest BCUT2D eigenvalue weighted by molar-refractivity contribution is 0.0763. The van der Waals surface area contributed by atoms with Gasteiger partial charge in [0.25, 0.3) is 5.91 Å². The Bertz CT molecular complexity index is 497. The Balaban J connectivity index is 2.35. The molecule has 2 heterocycles. The Morgan fingerprint density at radius 1 is 1.53 bits per heavy atom. The van der Waals surface area contributed by atoms with Crippen molar-refractivity contribution in [1.29, 1.82) is 5.26 Å². The lowest BCUT2D eigenvalue weighted by atomic mass is 10.1. The minimum Gasteiger partial charge on any atom is -0.322 e. The van der Waals surface area contributed by atoms with Gasteiger partial charge in [0.1, 0.15) is 6.04 Å². The molecule has 1 atom stereocenters. The molecule has 1 saturated heterocycles. The first-order chi connectivity index (χ1) is 8.06. The van der Waals surface area contributed by atoms with Crippen LogP contribution in [0.25, 0.3) is 0 Å². The number of nitriles is 1. The summed E-state index contributed by atoms with van der Waals surface area (Å²) < 4.78 is 1.71. The second kappa shape index (κ2) is 4.21. The Morgan fingerprint density at radius 3 is 2.76 bits per heavy atom. The van der Waals surface area contributed by atoms with Crippen molar-refractivity contribution < 1.29 is 4.79 Å². The number of hydrogen-bond acceptors (Lipinski definition) is 3. The van der Waals surface area contributed by atoms with Gasteiger partial charge in [0, 0.05) is 19.3 Å². The van der Waals surface area contributed by atoms with Crippen LogP contribution in [-0.2, 0) is 7.05 Å². The first kappa shape index (κ1) is 11.6. The lowest BCUT2D eigenvalue weighted by Gasteiger charge is -2.19. The van der Waals surface area contributed by atoms with Crippen molar-refractivity contribution in [2.24, 2.45) is 7.05 Å². The van der Waals surface area contributed by atoms with Crippen LogP contribution in [0.2, 0.25) is 0 Å². The van der Waals surface area contributed by atoms with E-state index in [1.807, 2.05) is 20.9 Å². The van der Waals surface area contributed by atoms with Gasteiger partial charge in [-0.15, -0.1) is 0 Å². The summed E-state index contributed by atoms with van der Waals surface area (Å²) in [4.78, 5) is 14.1. The third-order valence-corrected chi connectivity index (χ3v) is 3.39. The molecule has 1 aromatic rings. The molecule has 17 heavy (non-hydrogen) atoms. The van der Waals surface area contributed by atoms with Crippen molar-refractivity contribution in [3.8, 4) is 6.07 Å². The lowest BCUT2D eigenvalue weighted by Crippen LogP contribution is -2.35. The summed E-state index contributed by atoms with van der Waals surface area (Å²) in [6.07, 6.45) is 1.68. The summed E-state index contributed by atoms with van der Waals surface area (Å²) in [5.41, 5.74) is 2.24. The van der Waals surface area contributed by atoms with E-state index < -0.39 is 0 Å². The van der Waals surface area contributed by atoms with E-state index in [9.17, 15) is 4.79 Å². The molecule has 2 rings (SSSR count). The smallest absolute Gasteiger partial charge is 0.258 e. The fourth-order valence-electron chi connectivity index (χ4n) is 2.37. The highest BCUT2D eigenvalue weighted by Crippen LogP contribution is 2.22. The molecule has 0 aliphatic carbocycles. The van der Waals surface area contributed by atoms with Crippen LogP contribution in [0.1, 0.15) is 34.6 Å². The number of rotatable bonds is 1. The normalized spacial score (nSPS) is 19.4. The van der Waals surface area contributed by atoms with Gasteiger partial charge in [0.05, 0.1) is 17.3 Å². The largest absolute Gasteiger partial charge is 0.322 e. The van der Waals surface area contributed by atoms with Crippen LogP contribution in [0, 0.1) is 25.2 Å². The molecule has 0 bridgehead atoms. The van der Waals surface area contributed by atoms with E-state index in [2.05, 4.69) is 11.2 Å². The summed E-state index contributed by atoms with van der Waals surface area (Å²) in [6, 6.07) is 1.91. The van der Waals surface area contributed by atoms with Crippen molar-refractivity contribution in [1.82, 2.24) is 14.7 Å². The van der Waals surface area contributed by atoms with Crippen molar-refractivity contribution >= 4 is 5.91 Å². The van der Waals surface area contributed by atoms with Crippen LogP contribution in [0.5, 0.6) is 0 Å². The average molecular weight is 232 g/mol. The maximum absolute atomic E-state index is 12.4. The van der Waals surface area contributed by atoms with E-state index in [1.54, 1.807) is 9.58 Å². The molecule has 0 N–H and O–H groups in total. The number of aromatic nitrogens is 2. The summed E-state index contributed by atoms with van der Waals surface area (Å²) >= 11 is 0. The molecule has 5 nitrogen and oxygen atoms in total. The fourth-order valence-corrected chi connectivity index (χ4v) is 2.37. The third-order valence-electron chi connectivity index (χ3n) is 3.39. The standard InChI is InChI=1S/C12H16N4O/c1-8-11(9(2)15(3)14-8)12(17)16-6-4-5-10(16)7-13/h10H,4-6H2,1-3H3. The zero-order valence-corrected chi connectivity index (χ0v) is 10.4. The molecule has 1 fully saturated rings. The van der Waals surface area contributed by atoms with E-state index in [1.165, 1.54) is 0 Å². The minimum absolute atomic E-state index is 0.0582. The number of hydrogen-bond donors (Lipinski definition) is 0. The first-order valence-electron chi connectivity index (χ1n) is 5.77. The average Bonchev–Trinajstić information content (AvgIpc) is 2.84. The van der Waals surface area contributed by atoms with E-state index in [4.69, 9.17) is 5.26 Å². The maximum atomic E-state index is 12.4. The minimum atomic E-state index is -0.276. The number of carbonyl (C=O) groups is 1. The van der Waals surface area contributed by atoms with Gasteiger partial charge in [-0.1, -0.05) is 0 Å². The van der Waals surface area contributed by atoms with Gasteiger partial charge in [-0.3, -0.25) is 9.48 Å². The predicted octanol–water partition coefficient (Wildman–Crippen LogP) is 1.17. The van der Waals surface area contributed by atoms with Gasteiger partial charge in [-0.25, -0.2) is 0 Å². The summed E-state index contributed by atoms with van der Waals surface area (Å²) in [5.74, 6) is -0.0582. The first-order valence-corrected chi connectivity index (χ1v) is 5.77. The molecule has 1 unspecified atom stereocenters. The summed E-state index contributed by atoms with van der Waals surface area (Å²) in [5, 5.41) is 13.3. The van der Waals surface area contributed by atoms with Crippen LogP contribution in [0.3, 0.4) is 0 Å². The Labute approximate surface area is 101 Å². The van der Waals surface area contributed by atoms with Gasteiger partial charge in [0.2, 0.25) is 0 Å². The monoisotopic (exact) mass is 232 g/mol. The molecule has 0 aromatic carbocycles. The van der Waals surface area contributed by atoms with Crippen LogP contribution in [-0.4, -0.2) is 33.2 Å². The molecule has 0 saturated carbocycles. The van der Waals surface area contributed by atoms with Crippen molar-refractivity contribution in [3.05, 3.63) is 17.0 Å². The highest BCUT2D eigenvalue weighted by atomic mass is 16.2. The second-order valence-corrected chi connectivity index (χ2v) is 4.46. The van der Waals surface area contributed by atoms with Crippen molar-refractivity contribution in [2.75, 3.05) is 6.54 Å². The SMILES string of the molecule is Cc1nn(C)c(C)c1C(=O)N1CCCC1C#N. The molecule has 1 amide bonds. The van der Waals surface area contributed by atoms with Gasteiger partial charge >= 0.3 is 0 Å². The Morgan fingerprint density at radius 2 is 2.24 bits per heavy atom. The summed E-state index contributed by atoms with van der Waals surface area (Å²) in [6.45, 7) is 4.38. The molecule has 5 heteroatoms. The zero-order chi connectivity index (χ0) is 12.6. The third kappa shape index (κ3) is 1.80. The molecule has 0 spiro atoms. The number of amides is 1. The molecular weight excluding hydrogens is 216 g/mol. The van der Waals surface area contributed by atoms with E-state index in [-0.39, 0.29) is 11.9 Å². The van der Waals surface area contributed by atoms with Crippen LogP contribution < -0.4 is 0 Å². The van der Waals surface area contributed by atoms with E-state index in [0.717, 1.165) is 24.2 Å². The van der Waals surface area contributed by atoms with Crippen molar-refractivity contribution in [3.63, 3.8) is 0 Å². The molecule has 90 valence electrons. The van der Waals surface area contributed by atoms with Crippen LogP contribution in [0.15, 0.2) is 0 Å². The molecule has 1 aliphatic heterocycles. The zero-order valence-electron chi connectivity index (χ0n) is 10.4. The molecule has 1 aromatic heterocycles. The molecule has 0 radical (unpaired) electrons. The molecular formula is C12H16N4O. The van der Waals surface area contributed by atoms with Gasteiger partial charge in [-0.05, 0) is 26.7 Å². The topological polar surface area (TPSA) is 61.9 Å². The second-order valence-electron chi connectivity index (χ2n) is 4.46. The maximum Gasteiger partial charge on any atom is 0.258 e. The summed E-state index contributed by atoms with van der Waals surface area (Å²) in [7, 11) is 1.82. The van der Waals surface area contributed by atoms with Crippen LogP contribution in [0.4, 0.5) is 0 Å². The fraction of sp³-hybridized carbons (Fsp3) is 0.583. The number of carbonyl (C=O) groups excluding carboxylic acids is 1. The van der Waals surface area contributed by atoms with E-state index in [0.29, 0.717) is 12.1 Å². The predicted molar refractivity (Wildman–Crippen MR) is 62.4 cm³/mol. The van der Waals surface area contributed by atoms with Gasteiger partial charge in [-0.2, -0.15) is 10.4 Å². The van der Waals surface area contributed by atoms with Crippen molar-refractivity contribution in [2.45, 2.75) is 32.7 Å². The Hall–Kier alpha value is -1.83. The quantitative estimate of drug-likeness (QED) is 0.730. The van der Waals surface area contributed by atoms with E-state index >= 15 is 0 Å². The highest BCUT2D eigenvalue weighted by Gasteiger charge is 2.31. The molecule has 1 aliphatic rings. The number of nitrogens with zero attached hydrogens (tertiary/aromatic N) is 4. The van der Waals surface area contributed by atoms with Gasteiger partial charge in [0.15, 0.2) is 0 Å².